The molecule has 0 radical (unpaired) electrons. The Morgan fingerprint density at radius 1 is 0.754 bits per heavy atom. The van der Waals surface area contributed by atoms with E-state index in [1.54, 1.807) is 6.07 Å². The monoisotopic (exact) mass is 817 g/mol. The van der Waals surface area contributed by atoms with Gasteiger partial charge in [0.05, 0.1) is 35.6 Å². The molecule has 1 atom stereocenters. The number of benzene rings is 5. The summed E-state index contributed by atoms with van der Waals surface area (Å²) in [6.45, 7) is 8.55. The first-order chi connectivity index (χ1) is 27.3. The summed E-state index contributed by atoms with van der Waals surface area (Å²) in [5.74, 6) is 0.350. The molecule has 302 valence electrons. The van der Waals surface area contributed by atoms with Crippen molar-refractivity contribution in [2.75, 3.05) is 30.3 Å². The van der Waals surface area contributed by atoms with Crippen molar-refractivity contribution in [3.63, 3.8) is 0 Å². The van der Waals surface area contributed by atoms with Gasteiger partial charge in [-0.3, -0.25) is 4.31 Å². The lowest BCUT2D eigenvalue weighted by Crippen LogP contribution is -2.40. The summed E-state index contributed by atoms with van der Waals surface area (Å²) in [5, 5.41) is 5.22. The molecule has 0 aliphatic carbocycles. The Labute approximate surface area is 334 Å². The summed E-state index contributed by atoms with van der Waals surface area (Å²) in [4.78, 5) is 0. The highest BCUT2D eigenvalue weighted by Gasteiger charge is 2.33. The third kappa shape index (κ3) is 10.6. The normalized spacial score (nSPS) is 12.9. The standard InChI is InChI=1S/C44H50F3N3O5SSi/c1-5-57(6-2,7-3)55-43(35-19-14-20-36(27-35)50(56(4,51)52)32-34-17-12-9-13-18-34)30-48-25-26-53-37-21-23-39-40-24-22-38(54-44(45,46)47)29-42(40)49(41(39)28-37)31-33-15-10-8-11-16-33/h8-24,27-29,43,48H,5-7,25-26,30-32H2,1-4H3/t43-/m0/s1. The lowest BCUT2D eigenvalue weighted by atomic mass is 10.1. The van der Waals surface area contributed by atoms with Crippen molar-refractivity contribution in [3.8, 4) is 11.5 Å². The minimum absolute atomic E-state index is 0.216. The second-order valence-corrected chi connectivity index (χ2v) is 20.9. The highest BCUT2D eigenvalue weighted by Crippen LogP contribution is 2.36. The average Bonchev–Trinajstić information content (AvgIpc) is 3.49. The fraction of sp³-hybridized carbons (Fsp3) is 0.318. The molecule has 6 aromatic rings. The van der Waals surface area contributed by atoms with Crippen LogP contribution < -0.4 is 19.1 Å². The Morgan fingerprint density at radius 3 is 1.95 bits per heavy atom. The van der Waals surface area contributed by atoms with Crippen LogP contribution in [0.3, 0.4) is 0 Å². The molecule has 0 bridgehead atoms. The van der Waals surface area contributed by atoms with Crippen molar-refractivity contribution in [2.24, 2.45) is 0 Å². The zero-order chi connectivity index (χ0) is 40.6. The largest absolute Gasteiger partial charge is 0.573 e. The number of anilines is 1. The van der Waals surface area contributed by atoms with Gasteiger partial charge in [0.2, 0.25) is 10.0 Å². The Balaban J connectivity index is 1.20. The quantitative estimate of drug-likeness (QED) is 0.0648. The van der Waals surface area contributed by atoms with Crippen LogP contribution >= 0.6 is 0 Å². The Morgan fingerprint density at radius 2 is 1.35 bits per heavy atom. The van der Waals surface area contributed by atoms with Gasteiger partial charge in [-0.15, -0.1) is 13.2 Å². The number of hydrogen-bond acceptors (Lipinski definition) is 6. The number of nitrogens with one attached hydrogen (secondary N) is 1. The summed E-state index contributed by atoms with van der Waals surface area (Å²) >= 11 is 0. The van der Waals surface area contributed by atoms with Gasteiger partial charge in [0.25, 0.3) is 0 Å². The Bertz CT molecular complexity index is 2350. The summed E-state index contributed by atoms with van der Waals surface area (Å²) in [5.41, 5.74) is 4.81. The van der Waals surface area contributed by atoms with Gasteiger partial charge in [0.1, 0.15) is 18.1 Å². The first-order valence-electron chi connectivity index (χ1n) is 19.3. The first kappa shape index (κ1) is 41.8. The minimum Gasteiger partial charge on any atom is -0.492 e. The molecule has 0 spiro atoms. The van der Waals surface area contributed by atoms with E-state index in [0.29, 0.717) is 43.2 Å². The van der Waals surface area contributed by atoms with Crippen LogP contribution in [-0.4, -0.2) is 53.6 Å². The molecule has 1 aromatic heterocycles. The topological polar surface area (TPSA) is 82.0 Å². The lowest BCUT2D eigenvalue weighted by Gasteiger charge is -2.34. The van der Waals surface area contributed by atoms with E-state index in [1.165, 1.54) is 22.7 Å². The molecule has 1 heterocycles. The fourth-order valence-corrected chi connectivity index (χ4v) is 11.0. The van der Waals surface area contributed by atoms with Gasteiger partial charge in [-0.2, -0.15) is 0 Å². The van der Waals surface area contributed by atoms with E-state index in [0.717, 1.165) is 51.1 Å². The van der Waals surface area contributed by atoms with Crippen molar-refractivity contribution < 1.29 is 35.5 Å². The highest BCUT2D eigenvalue weighted by atomic mass is 32.2. The van der Waals surface area contributed by atoms with Gasteiger partial charge < -0.3 is 23.8 Å². The van der Waals surface area contributed by atoms with Crippen LogP contribution in [0.1, 0.15) is 43.6 Å². The highest BCUT2D eigenvalue weighted by molar-refractivity contribution is 7.92. The Kier molecular flexibility index (Phi) is 13.3. The maximum Gasteiger partial charge on any atom is 0.573 e. The number of alkyl halides is 3. The third-order valence-corrected chi connectivity index (χ3v) is 16.3. The molecule has 57 heavy (non-hydrogen) atoms. The van der Waals surface area contributed by atoms with E-state index in [2.05, 4.69) is 30.8 Å². The van der Waals surface area contributed by atoms with Gasteiger partial charge in [-0.05, 0) is 71.2 Å². The van der Waals surface area contributed by atoms with Crippen molar-refractivity contribution in [1.82, 2.24) is 9.88 Å². The van der Waals surface area contributed by atoms with Crippen LogP contribution in [0.25, 0.3) is 21.8 Å². The molecule has 1 N–H and O–H groups in total. The molecule has 0 unspecified atom stereocenters. The second-order valence-electron chi connectivity index (χ2n) is 14.2. The maximum atomic E-state index is 13.1. The molecule has 0 aliphatic rings. The van der Waals surface area contributed by atoms with Gasteiger partial charge in [0.15, 0.2) is 8.32 Å². The van der Waals surface area contributed by atoms with Gasteiger partial charge in [-0.25, -0.2) is 8.42 Å². The van der Waals surface area contributed by atoms with E-state index in [4.69, 9.17) is 9.16 Å². The van der Waals surface area contributed by atoms with Gasteiger partial charge in [-0.1, -0.05) is 93.6 Å². The van der Waals surface area contributed by atoms with E-state index in [-0.39, 0.29) is 18.4 Å². The predicted molar refractivity (Wildman–Crippen MR) is 225 cm³/mol. The van der Waals surface area contributed by atoms with Crippen LogP contribution in [0.15, 0.2) is 121 Å². The summed E-state index contributed by atoms with van der Waals surface area (Å²) < 4.78 is 86.5. The molecule has 0 amide bonds. The number of halogens is 3. The fourth-order valence-electron chi connectivity index (χ4n) is 7.31. The molecular weight excluding hydrogens is 768 g/mol. The smallest absolute Gasteiger partial charge is 0.492 e. The molecule has 0 aliphatic heterocycles. The third-order valence-electron chi connectivity index (χ3n) is 10.5. The number of nitrogens with zero attached hydrogens (tertiary/aromatic N) is 2. The molecule has 0 fully saturated rings. The maximum absolute atomic E-state index is 13.1. The predicted octanol–water partition coefficient (Wildman–Crippen LogP) is 10.4. The Hall–Kier alpha value is -4.82. The van der Waals surface area contributed by atoms with Crippen molar-refractivity contribution in [3.05, 3.63) is 138 Å². The average molecular weight is 818 g/mol. The minimum atomic E-state index is -4.80. The molecule has 13 heteroatoms. The van der Waals surface area contributed by atoms with Crippen LogP contribution in [0.2, 0.25) is 18.1 Å². The van der Waals surface area contributed by atoms with Crippen LogP contribution in [0.5, 0.6) is 11.5 Å². The van der Waals surface area contributed by atoms with Crippen molar-refractivity contribution in [2.45, 2.75) is 64.5 Å². The number of aromatic nitrogens is 1. The van der Waals surface area contributed by atoms with Gasteiger partial charge >= 0.3 is 6.36 Å². The number of ether oxygens (including phenoxy) is 2. The van der Waals surface area contributed by atoms with Crippen molar-refractivity contribution in [1.29, 1.82) is 0 Å². The SMILES string of the molecule is CC[Si](CC)(CC)O[C@@H](CNCCOc1ccc2c3ccc(OC(F)(F)F)cc3n(Cc3ccccc3)c2c1)c1cccc(N(Cc2ccccc2)S(C)(=O)=O)c1. The summed E-state index contributed by atoms with van der Waals surface area (Å²) in [6, 6.07) is 40.0. The zero-order valence-corrected chi connectivity index (χ0v) is 34.6. The molecule has 5 aromatic carbocycles. The summed E-state index contributed by atoms with van der Waals surface area (Å²) in [7, 11) is -5.67. The molecule has 0 saturated carbocycles. The number of fused-ring (bicyclic) bond motifs is 3. The van der Waals surface area contributed by atoms with E-state index < -0.39 is 24.7 Å². The van der Waals surface area contributed by atoms with E-state index in [1.807, 2.05) is 108 Å². The lowest BCUT2D eigenvalue weighted by molar-refractivity contribution is -0.274. The van der Waals surface area contributed by atoms with Crippen LogP contribution in [0, 0.1) is 0 Å². The zero-order valence-electron chi connectivity index (χ0n) is 32.8. The van der Waals surface area contributed by atoms with Crippen LogP contribution in [-0.2, 0) is 27.5 Å². The number of hydrogen-bond donors (Lipinski definition) is 1. The number of sulfonamides is 1. The van der Waals surface area contributed by atoms with E-state index >= 15 is 0 Å². The van der Waals surface area contributed by atoms with Crippen LogP contribution in [0.4, 0.5) is 18.9 Å². The van der Waals surface area contributed by atoms with E-state index in [9.17, 15) is 21.6 Å². The number of rotatable bonds is 19. The second kappa shape index (κ2) is 18.2. The van der Waals surface area contributed by atoms with Crippen molar-refractivity contribution >= 4 is 45.8 Å². The molecular formula is C44H50F3N3O5SSi. The first-order valence-corrected chi connectivity index (χ1v) is 23.7. The molecule has 6 rings (SSSR count). The molecule has 0 saturated heterocycles. The van der Waals surface area contributed by atoms with Gasteiger partial charge in [0, 0.05) is 42.5 Å². The molecule has 8 nitrogen and oxygen atoms in total. The summed E-state index contributed by atoms with van der Waals surface area (Å²) in [6.07, 6.45) is -3.89.